The Morgan fingerprint density at radius 1 is 1.36 bits per heavy atom. The van der Waals surface area contributed by atoms with E-state index >= 15 is 0 Å². The lowest BCUT2D eigenvalue weighted by Crippen LogP contribution is -1.85. The van der Waals surface area contributed by atoms with Crippen molar-refractivity contribution in [2.75, 3.05) is 5.73 Å². The van der Waals surface area contributed by atoms with Crippen LogP contribution in [0.1, 0.15) is 0 Å². The molecule has 0 amide bonds. The van der Waals surface area contributed by atoms with Crippen molar-refractivity contribution in [1.29, 1.82) is 0 Å². The van der Waals surface area contributed by atoms with Gasteiger partial charge in [-0.05, 0) is 6.07 Å². The second kappa shape index (κ2) is 3.23. The summed E-state index contributed by atoms with van der Waals surface area (Å²) in [5.74, 6) is 0.131. The quantitative estimate of drug-likeness (QED) is 0.758. The highest BCUT2D eigenvalue weighted by Gasteiger charge is 2.12. The molecule has 0 atom stereocenters. The summed E-state index contributed by atoms with van der Waals surface area (Å²) in [5.41, 5.74) is 6.55. The molecular weight excluding hydrogens is 204 g/mol. The van der Waals surface area contributed by atoms with Gasteiger partial charge in [0.2, 0.25) is 5.88 Å². The maximum Gasteiger partial charge on any atom is 0.230 e. The number of hydrogen-bond donors (Lipinski definition) is 2. The fourth-order valence-electron chi connectivity index (χ4n) is 1.18. The lowest BCUT2D eigenvalue weighted by molar-refractivity contribution is 0.436. The molecular formula is C9H7ClN2O2. The number of nitrogen functional groups attached to an aromatic ring is 1. The van der Waals surface area contributed by atoms with E-state index in [4.69, 9.17) is 17.3 Å². The van der Waals surface area contributed by atoms with Crippen molar-refractivity contribution in [3.8, 4) is 16.9 Å². The van der Waals surface area contributed by atoms with Gasteiger partial charge in [0.1, 0.15) is 5.75 Å². The van der Waals surface area contributed by atoms with E-state index < -0.39 is 0 Å². The predicted octanol–water partition coefficient (Wildman–Crippen LogP) is 2.28. The number of hydrogen-bond acceptors (Lipinski definition) is 4. The molecule has 5 heteroatoms. The predicted molar refractivity (Wildman–Crippen MR) is 53.0 cm³/mol. The third-order valence-corrected chi connectivity index (χ3v) is 2.18. The number of phenols is 1. The molecule has 0 saturated carbocycles. The van der Waals surface area contributed by atoms with Crippen LogP contribution in [0.15, 0.2) is 28.9 Å². The molecule has 0 aliphatic rings. The van der Waals surface area contributed by atoms with E-state index in [2.05, 4.69) is 9.68 Å². The Balaban J connectivity index is 2.63. The van der Waals surface area contributed by atoms with Gasteiger partial charge in [0, 0.05) is 5.56 Å². The van der Waals surface area contributed by atoms with E-state index in [1.165, 1.54) is 6.20 Å². The molecule has 1 heterocycles. The zero-order valence-electron chi connectivity index (χ0n) is 7.07. The van der Waals surface area contributed by atoms with E-state index in [9.17, 15) is 5.11 Å². The highest BCUT2D eigenvalue weighted by Crippen LogP contribution is 2.37. The molecule has 0 spiro atoms. The molecule has 1 aromatic carbocycles. The van der Waals surface area contributed by atoms with Gasteiger partial charge in [-0.1, -0.05) is 28.9 Å². The minimum absolute atomic E-state index is 0.0240. The lowest BCUT2D eigenvalue weighted by atomic mass is 10.1. The van der Waals surface area contributed by atoms with Crippen LogP contribution < -0.4 is 5.73 Å². The Morgan fingerprint density at radius 2 is 2.14 bits per heavy atom. The van der Waals surface area contributed by atoms with Crippen molar-refractivity contribution in [3.05, 3.63) is 29.4 Å². The summed E-state index contributed by atoms with van der Waals surface area (Å²) in [6.07, 6.45) is 1.43. The maximum atomic E-state index is 9.64. The number of nitrogens with zero attached hydrogens (tertiary/aromatic N) is 1. The molecule has 0 aliphatic heterocycles. The smallest absolute Gasteiger partial charge is 0.230 e. The summed E-state index contributed by atoms with van der Waals surface area (Å²) in [7, 11) is 0. The molecule has 0 radical (unpaired) electrons. The zero-order valence-corrected chi connectivity index (χ0v) is 7.82. The first kappa shape index (κ1) is 8.90. The summed E-state index contributed by atoms with van der Waals surface area (Å²) in [6, 6.07) is 4.98. The number of anilines is 1. The SMILES string of the molecule is Nc1oncc1-c1cccc(Cl)c1O. The molecule has 0 saturated heterocycles. The monoisotopic (exact) mass is 210 g/mol. The molecule has 0 fully saturated rings. The van der Waals surface area contributed by atoms with Gasteiger partial charge < -0.3 is 15.4 Å². The van der Waals surface area contributed by atoms with Crippen LogP contribution in [0.2, 0.25) is 5.02 Å². The number of aromatic hydroxyl groups is 1. The number of nitrogens with two attached hydrogens (primary N) is 1. The van der Waals surface area contributed by atoms with Crippen LogP contribution in [0.25, 0.3) is 11.1 Å². The third-order valence-electron chi connectivity index (χ3n) is 1.88. The Kier molecular flexibility index (Phi) is 2.05. The minimum Gasteiger partial charge on any atom is -0.506 e. The number of aromatic nitrogens is 1. The summed E-state index contributed by atoms with van der Waals surface area (Å²) >= 11 is 5.74. The van der Waals surface area contributed by atoms with Crippen LogP contribution in [0, 0.1) is 0 Å². The molecule has 0 unspecified atom stereocenters. The summed E-state index contributed by atoms with van der Waals surface area (Å²) in [5, 5.41) is 13.4. The van der Waals surface area contributed by atoms with Crippen LogP contribution in [0.3, 0.4) is 0 Å². The average molecular weight is 211 g/mol. The molecule has 2 aromatic rings. The molecule has 1 aromatic heterocycles. The summed E-state index contributed by atoms with van der Waals surface area (Å²) < 4.78 is 4.69. The van der Waals surface area contributed by atoms with Crippen molar-refractivity contribution < 1.29 is 9.63 Å². The summed E-state index contributed by atoms with van der Waals surface area (Å²) in [4.78, 5) is 0. The molecule has 72 valence electrons. The lowest BCUT2D eigenvalue weighted by Gasteiger charge is -2.02. The molecule has 3 N–H and O–H groups in total. The van der Waals surface area contributed by atoms with Gasteiger partial charge in [-0.2, -0.15) is 0 Å². The van der Waals surface area contributed by atoms with Crippen LogP contribution in [-0.2, 0) is 0 Å². The summed E-state index contributed by atoms with van der Waals surface area (Å²) in [6.45, 7) is 0. The molecule has 14 heavy (non-hydrogen) atoms. The minimum atomic E-state index is -0.0240. The fourth-order valence-corrected chi connectivity index (χ4v) is 1.36. The van der Waals surface area contributed by atoms with Gasteiger partial charge in [-0.3, -0.25) is 0 Å². The highest BCUT2D eigenvalue weighted by molar-refractivity contribution is 6.32. The standard InChI is InChI=1S/C9H7ClN2O2/c10-7-3-1-2-5(8(7)13)6-4-12-14-9(6)11/h1-4,13H,11H2. The molecule has 2 rings (SSSR count). The van der Waals surface area contributed by atoms with Crippen molar-refractivity contribution >= 4 is 17.5 Å². The molecule has 0 bridgehead atoms. The largest absolute Gasteiger partial charge is 0.506 e. The molecule has 0 aliphatic carbocycles. The van der Waals surface area contributed by atoms with E-state index in [-0.39, 0.29) is 16.7 Å². The van der Waals surface area contributed by atoms with Crippen molar-refractivity contribution in [2.24, 2.45) is 0 Å². The highest BCUT2D eigenvalue weighted by atomic mass is 35.5. The Morgan fingerprint density at radius 3 is 2.79 bits per heavy atom. The van der Waals surface area contributed by atoms with Gasteiger partial charge in [-0.25, -0.2) is 0 Å². The van der Waals surface area contributed by atoms with Crippen molar-refractivity contribution in [3.63, 3.8) is 0 Å². The normalized spacial score (nSPS) is 10.4. The second-order valence-electron chi connectivity index (χ2n) is 2.74. The average Bonchev–Trinajstić information content (AvgIpc) is 2.57. The zero-order chi connectivity index (χ0) is 10.1. The third kappa shape index (κ3) is 1.29. The topological polar surface area (TPSA) is 72.3 Å². The number of halogens is 1. The maximum absolute atomic E-state index is 9.64. The van der Waals surface area contributed by atoms with E-state index in [1.807, 2.05) is 0 Å². The van der Waals surface area contributed by atoms with E-state index in [1.54, 1.807) is 18.2 Å². The number of phenolic OH excluding ortho intramolecular Hbond substituents is 1. The van der Waals surface area contributed by atoms with Gasteiger partial charge in [0.05, 0.1) is 16.8 Å². The Bertz CT molecular complexity index is 468. The number of para-hydroxylation sites is 1. The van der Waals surface area contributed by atoms with Crippen LogP contribution in [-0.4, -0.2) is 10.3 Å². The Labute approximate surface area is 84.9 Å². The molecule has 4 nitrogen and oxygen atoms in total. The van der Waals surface area contributed by atoms with Gasteiger partial charge >= 0.3 is 0 Å². The first-order chi connectivity index (χ1) is 6.70. The van der Waals surface area contributed by atoms with Crippen LogP contribution in [0.4, 0.5) is 5.88 Å². The van der Waals surface area contributed by atoms with E-state index in [0.29, 0.717) is 11.1 Å². The van der Waals surface area contributed by atoms with Gasteiger partial charge in [-0.15, -0.1) is 0 Å². The number of rotatable bonds is 1. The Hall–Kier alpha value is -1.68. The first-order valence-electron chi connectivity index (χ1n) is 3.88. The first-order valence-corrected chi connectivity index (χ1v) is 4.26. The van der Waals surface area contributed by atoms with Gasteiger partial charge in [0.15, 0.2) is 0 Å². The fraction of sp³-hybridized carbons (Fsp3) is 0. The van der Waals surface area contributed by atoms with Crippen LogP contribution >= 0.6 is 11.6 Å². The second-order valence-corrected chi connectivity index (χ2v) is 3.15. The van der Waals surface area contributed by atoms with Crippen LogP contribution in [0.5, 0.6) is 5.75 Å². The van der Waals surface area contributed by atoms with Gasteiger partial charge in [0.25, 0.3) is 0 Å². The number of benzene rings is 1. The van der Waals surface area contributed by atoms with Crippen molar-refractivity contribution in [1.82, 2.24) is 5.16 Å². The van der Waals surface area contributed by atoms with Crippen molar-refractivity contribution in [2.45, 2.75) is 0 Å². The van der Waals surface area contributed by atoms with E-state index in [0.717, 1.165) is 0 Å².